The fourth-order valence-electron chi connectivity index (χ4n) is 1.63. The van der Waals surface area contributed by atoms with Crippen molar-refractivity contribution in [2.45, 2.75) is 19.9 Å². The molecule has 7 heteroatoms. The minimum atomic E-state index is -1.02. The van der Waals surface area contributed by atoms with Crippen molar-refractivity contribution in [2.75, 3.05) is 12.4 Å². The number of nitrogens with one attached hydrogen (secondary N) is 3. The smallest absolute Gasteiger partial charge is 0.335 e. The maximum atomic E-state index is 11.7. The van der Waals surface area contributed by atoms with Crippen molar-refractivity contribution < 1.29 is 19.5 Å². The van der Waals surface area contributed by atoms with Gasteiger partial charge < -0.3 is 21.1 Å². The number of aryl methyl sites for hydroxylation is 1. The summed E-state index contributed by atoms with van der Waals surface area (Å²) in [5, 5.41) is 16.3. The average molecular weight is 279 g/mol. The molecule has 4 N–H and O–H groups in total. The normalized spacial score (nSPS) is 11.3. The molecule has 0 bridgehead atoms. The molecule has 0 saturated carbocycles. The Morgan fingerprint density at radius 1 is 1.25 bits per heavy atom. The Morgan fingerprint density at radius 2 is 1.90 bits per heavy atom. The SMILES string of the molecule is CNC(=O)C(C)NC(=O)Nc1ccc(C(=O)O)c(C)c1. The molecule has 108 valence electrons. The summed E-state index contributed by atoms with van der Waals surface area (Å²) in [5.74, 6) is -1.33. The van der Waals surface area contributed by atoms with Crippen molar-refractivity contribution in [2.24, 2.45) is 0 Å². The van der Waals surface area contributed by atoms with Crippen LogP contribution in [0.4, 0.5) is 10.5 Å². The van der Waals surface area contributed by atoms with Crippen LogP contribution in [-0.2, 0) is 4.79 Å². The van der Waals surface area contributed by atoms with Crippen LogP contribution in [0, 0.1) is 6.92 Å². The fraction of sp³-hybridized carbons (Fsp3) is 0.308. The number of hydrogen-bond donors (Lipinski definition) is 4. The van der Waals surface area contributed by atoms with Gasteiger partial charge in [-0.25, -0.2) is 9.59 Å². The van der Waals surface area contributed by atoms with Crippen LogP contribution < -0.4 is 16.0 Å². The zero-order valence-electron chi connectivity index (χ0n) is 11.5. The molecule has 0 heterocycles. The number of amides is 3. The van der Waals surface area contributed by atoms with Crippen LogP contribution >= 0.6 is 0 Å². The highest BCUT2D eigenvalue weighted by Gasteiger charge is 2.14. The van der Waals surface area contributed by atoms with Crippen molar-refractivity contribution in [1.29, 1.82) is 0 Å². The predicted octanol–water partition coefficient (Wildman–Crippen LogP) is 0.949. The molecule has 1 atom stereocenters. The number of carbonyl (C=O) groups excluding carboxylic acids is 2. The van der Waals surface area contributed by atoms with Gasteiger partial charge in [-0.1, -0.05) is 0 Å². The van der Waals surface area contributed by atoms with E-state index in [1.807, 2.05) is 0 Å². The quantitative estimate of drug-likeness (QED) is 0.658. The van der Waals surface area contributed by atoms with E-state index in [2.05, 4.69) is 16.0 Å². The standard InChI is InChI=1S/C13H17N3O4/c1-7-6-9(4-5-10(7)12(18)19)16-13(20)15-8(2)11(17)14-3/h4-6,8H,1-3H3,(H,14,17)(H,18,19)(H2,15,16,20). The van der Waals surface area contributed by atoms with Gasteiger partial charge in [0.05, 0.1) is 5.56 Å². The molecule has 1 aromatic carbocycles. The van der Waals surface area contributed by atoms with Gasteiger partial charge in [0.2, 0.25) is 5.91 Å². The Labute approximate surface area is 116 Å². The number of likely N-dealkylation sites (N-methyl/N-ethyl adjacent to an activating group) is 1. The minimum absolute atomic E-state index is 0.176. The van der Waals surface area contributed by atoms with E-state index in [1.54, 1.807) is 19.9 Å². The number of carboxylic acid groups (broad SMARTS) is 1. The second kappa shape index (κ2) is 6.55. The molecule has 0 aliphatic heterocycles. The summed E-state index contributed by atoms with van der Waals surface area (Å²) in [6, 6.07) is 3.24. The molecule has 0 aliphatic rings. The first-order valence-electron chi connectivity index (χ1n) is 5.98. The lowest BCUT2D eigenvalue weighted by atomic mass is 10.1. The van der Waals surface area contributed by atoms with Crippen LogP contribution in [0.2, 0.25) is 0 Å². The van der Waals surface area contributed by atoms with E-state index in [-0.39, 0.29) is 11.5 Å². The minimum Gasteiger partial charge on any atom is -0.478 e. The van der Waals surface area contributed by atoms with Gasteiger partial charge in [0.15, 0.2) is 0 Å². The van der Waals surface area contributed by atoms with Crippen LogP contribution in [0.5, 0.6) is 0 Å². The van der Waals surface area contributed by atoms with Gasteiger partial charge >= 0.3 is 12.0 Å². The van der Waals surface area contributed by atoms with Crippen molar-refractivity contribution in [3.05, 3.63) is 29.3 Å². The van der Waals surface area contributed by atoms with Gasteiger partial charge in [0.1, 0.15) is 6.04 Å². The third-order valence-corrected chi connectivity index (χ3v) is 2.70. The lowest BCUT2D eigenvalue weighted by Gasteiger charge is -2.13. The number of urea groups is 1. The molecule has 1 rings (SSSR count). The Bertz CT molecular complexity index is 542. The Hall–Kier alpha value is -2.57. The third kappa shape index (κ3) is 3.98. The summed E-state index contributed by atoms with van der Waals surface area (Å²) in [6.07, 6.45) is 0. The summed E-state index contributed by atoms with van der Waals surface area (Å²) in [5.41, 5.74) is 1.17. The second-order valence-corrected chi connectivity index (χ2v) is 4.27. The van der Waals surface area contributed by atoms with Gasteiger partial charge in [-0.05, 0) is 37.6 Å². The highest BCUT2D eigenvalue weighted by molar-refractivity contribution is 5.95. The molecule has 0 fully saturated rings. The number of carboxylic acids is 1. The topological polar surface area (TPSA) is 108 Å². The number of rotatable bonds is 4. The first-order chi connectivity index (χ1) is 9.35. The summed E-state index contributed by atoms with van der Waals surface area (Å²) < 4.78 is 0. The van der Waals surface area contributed by atoms with Crippen LogP contribution in [0.15, 0.2) is 18.2 Å². The Kier molecular flexibility index (Phi) is 5.08. The fourth-order valence-corrected chi connectivity index (χ4v) is 1.63. The van der Waals surface area contributed by atoms with E-state index in [4.69, 9.17) is 5.11 Å². The molecule has 0 aliphatic carbocycles. The summed E-state index contributed by atoms with van der Waals surface area (Å²) in [7, 11) is 1.48. The zero-order chi connectivity index (χ0) is 15.3. The van der Waals surface area contributed by atoms with E-state index < -0.39 is 18.0 Å². The van der Waals surface area contributed by atoms with E-state index in [0.717, 1.165) is 0 Å². The molecule has 3 amide bonds. The summed E-state index contributed by atoms with van der Waals surface area (Å²) in [4.78, 5) is 33.8. The number of aromatic carboxylic acids is 1. The Morgan fingerprint density at radius 3 is 2.40 bits per heavy atom. The molecule has 7 nitrogen and oxygen atoms in total. The molecule has 20 heavy (non-hydrogen) atoms. The number of hydrogen-bond acceptors (Lipinski definition) is 3. The second-order valence-electron chi connectivity index (χ2n) is 4.27. The van der Waals surface area contributed by atoms with Crippen molar-refractivity contribution in [3.8, 4) is 0 Å². The van der Waals surface area contributed by atoms with Crippen molar-refractivity contribution in [1.82, 2.24) is 10.6 Å². The van der Waals surface area contributed by atoms with Crippen LogP contribution in [0.1, 0.15) is 22.8 Å². The van der Waals surface area contributed by atoms with Crippen LogP contribution in [0.3, 0.4) is 0 Å². The number of benzene rings is 1. The van der Waals surface area contributed by atoms with Crippen LogP contribution in [-0.4, -0.2) is 36.1 Å². The largest absolute Gasteiger partial charge is 0.478 e. The van der Waals surface area contributed by atoms with Crippen molar-refractivity contribution >= 4 is 23.6 Å². The average Bonchev–Trinajstić information content (AvgIpc) is 2.37. The number of carbonyl (C=O) groups is 3. The van der Waals surface area contributed by atoms with Crippen molar-refractivity contribution in [3.63, 3.8) is 0 Å². The van der Waals surface area contributed by atoms with E-state index in [9.17, 15) is 14.4 Å². The number of anilines is 1. The molecule has 1 unspecified atom stereocenters. The van der Waals surface area contributed by atoms with E-state index in [1.165, 1.54) is 19.2 Å². The van der Waals surface area contributed by atoms with Crippen LogP contribution in [0.25, 0.3) is 0 Å². The van der Waals surface area contributed by atoms with Gasteiger partial charge in [0.25, 0.3) is 0 Å². The van der Waals surface area contributed by atoms with Gasteiger partial charge in [-0.3, -0.25) is 4.79 Å². The summed E-state index contributed by atoms with van der Waals surface area (Å²) >= 11 is 0. The highest BCUT2D eigenvalue weighted by atomic mass is 16.4. The lowest BCUT2D eigenvalue weighted by molar-refractivity contribution is -0.122. The maximum absolute atomic E-state index is 11.7. The van der Waals surface area contributed by atoms with E-state index in [0.29, 0.717) is 11.3 Å². The highest BCUT2D eigenvalue weighted by Crippen LogP contribution is 2.15. The lowest BCUT2D eigenvalue weighted by Crippen LogP contribution is -2.45. The van der Waals surface area contributed by atoms with Gasteiger partial charge in [0, 0.05) is 12.7 Å². The molecule has 0 radical (unpaired) electrons. The predicted molar refractivity (Wildman–Crippen MR) is 73.8 cm³/mol. The molecule has 0 aromatic heterocycles. The molecule has 0 saturated heterocycles. The monoisotopic (exact) mass is 279 g/mol. The first-order valence-corrected chi connectivity index (χ1v) is 5.98. The third-order valence-electron chi connectivity index (χ3n) is 2.70. The maximum Gasteiger partial charge on any atom is 0.335 e. The molecular formula is C13H17N3O4. The Balaban J connectivity index is 2.69. The summed E-state index contributed by atoms with van der Waals surface area (Å²) in [6.45, 7) is 3.19. The molecular weight excluding hydrogens is 262 g/mol. The zero-order valence-corrected chi connectivity index (χ0v) is 11.5. The van der Waals surface area contributed by atoms with Gasteiger partial charge in [-0.2, -0.15) is 0 Å². The van der Waals surface area contributed by atoms with Gasteiger partial charge in [-0.15, -0.1) is 0 Å². The first kappa shape index (κ1) is 15.5. The van der Waals surface area contributed by atoms with E-state index >= 15 is 0 Å². The molecule has 1 aromatic rings. The molecule has 0 spiro atoms.